The summed E-state index contributed by atoms with van der Waals surface area (Å²) in [6.45, 7) is 1.45. The largest absolute Gasteiger partial charge is 0.497 e. The molecule has 6 nitrogen and oxygen atoms in total. The van der Waals surface area contributed by atoms with E-state index in [0.29, 0.717) is 11.3 Å². The molecule has 0 aliphatic heterocycles. The highest BCUT2D eigenvalue weighted by Gasteiger charge is 2.76. The minimum absolute atomic E-state index is 0.193. The van der Waals surface area contributed by atoms with Gasteiger partial charge >= 0.3 is 5.97 Å². The SMILES string of the molecule is CCS(=O)(=O)[C@@H]1[C@@H](c2ccc(OC)cc2)[C@]1(C#N)C(=O)O. The molecule has 0 bridgehead atoms. The van der Waals surface area contributed by atoms with Gasteiger partial charge in [-0.25, -0.2) is 8.42 Å². The Hall–Kier alpha value is -2.07. The van der Waals surface area contributed by atoms with Crippen molar-refractivity contribution in [1.29, 1.82) is 5.26 Å². The van der Waals surface area contributed by atoms with Gasteiger partial charge in [-0.15, -0.1) is 0 Å². The zero-order valence-corrected chi connectivity index (χ0v) is 12.4. The van der Waals surface area contributed by atoms with E-state index in [2.05, 4.69) is 0 Å². The Morgan fingerprint density at radius 2 is 2.00 bits per heavy atom. The van der Waals surface area contributed by atoms with E-state index in [-0.39, 0.29) is 5.75 Å². The molecule has 1 aromatic carbocycles. The van der Waals surface area contributed by atoms with Gasteiger partial charge in [0.15, 0.2) is 15.3 Å². The van der Waals surface area contributed by atoms with Crippen molar-refractivity contribution < 1.29 is 23.1 Å². The van der Waals surface area contributed by atoms with Gasteiger partial charge in [0.2, 0.25) is 0 Å². The highest BCUT2D eigenvalue weighted by Crippen LogP contribution is 2.63. The van der Waals surface area contributed by atoms with Crippen LogP contribution in [0.15, 0.2) is 24.3 Å². The van der Waals surface area contributed by atoms with E-state index in [1.165, 1.54) is 14.0 Å². The molecule has 1 aliphatic rings. The van der Waals surface area contributed by atoms with Crippen LogP contribution >= 0.6 is 0 Å². The predicted molar refractivity (Wildman–Crippen MR) is 74.7 cm³/mol. The minimum Gasteiger partial charge on any atom is -0.497 e. The van der Waals surface area contributed by atoms with Gasteiger partial charge in [-0.2, -0.15) is 5.26 Å². The number of aliphatic carboxylic acids is 1. The van der Waals surface area contributed by atoms with E-state index in [0.717, 1.165) is 0 Å². The lowest BCUT2D eigenvalue weighted by Crippen LogP contribution is -2.23. The molecule has 112 valence electrons. The normalized spacial score (nSPS) is 27.7. The Morgan fingerprint density at radius 1 is 1.43 bits per heavy atom. The number of ether oxygens (including phenoxy) is 1. The maximum atomic E-state index is 12.1. The zero-order chi connectivity index (χ0) is 15.8. The van der Waals surface area contributed by atoms with Crippen molar-refractivity contribution in [3.63, 3.8) is 0 Å². The number of hydrogen-bond acceptors (Lipinski definition) is 5. The summed E-state index contributed by atoms with van der Waals surface area (Å²) in [5.74, 6) is -1.86. The zero-order valence-electron chi connectivity index (χ0n) is 11.6. The molecule has 1 fully saturated rings. The van der Waals surface area contributed by atoms with E-state index < -0.39 is 32.4 Å². The highest BCUT2D eigenvalue weighted by molar-refractivity contribution is 7.92. The number of benzene rings is 1. The van der Waals surface area contributed by atoms with Crippen molar-refractivity contribution in [3.8, 4) is 11.8 Å². The van der Waals surface area contributed by atoms with E-state index in [9.17, 15) is 23.6 Å². The lowest BCUT2D eigenvalue weighted by molar-refractivity contribution is -0.141. The molecule has 1 saturated carbocycles. The second-order valence-electron chi connectivity index (χ2n) is 4.91. The van der Waals surface area contributed by atoms with Crippen LogP contribution in [-0.4, -0.2) is 37.6 Å². The van der Waals surface area contributed by atoms with Gasteiger partial charge in [0, 0.05) is 11.7 Å². The lowest BCUT2D eigenvalue weighted by Gasteiger charge is -2.03. The molecule has 3 atom stereocenters. The van der Waals surface area contributed by atoms with E-state index >= 15 is 0 Å². The quantitative estimate of drug-likeness (QED) is 0.876. The molecule has 0 saturated heterocycles. The molecule has 1 aromatic rings. The second kappa shape index (κ2) is 5.04. The van der Waals surface area contributed by atoms with Crippen LogP contribution in [0.25, 0.3) is 0 Å². The Kier molecular flexibility index (Phi) is 3.68. The smallest absolute Gasteiger partial charge is 0.326 e. The maximum Gasteiger partial charge on any atom is 0.326 e. The number of hydrogen-bond donors (Lipinski definition) is 1. The third kappa shape index (κ3) is 2.16. The van der Waals surface area contributed by atoms with E-state index in [1.807, 2.05) is 0 Å². The summed E-state index contributed by atoms with van der Waals surface area (Å²) in [6.07, 6.45) is 0. The number of nitriles is 1. The lowest BCUT2D eigenvalue weighted by atomic mass is 10.0. The number of carboxylic acid groups (broad SMARTS) is 1. The van der Waals surface area contributed by atoms with Crippen molar-refractivity contribution >= 4 is 15.8 Å². The Balaban J connectivity index is 2.50. The summed E-state index contributed by atoms with van der Waals surface area (Å²) < 4.78 is 29.2. The molecular weight excluding hydrogens is 294 g/mol. The molecule has 0 unspecified atom stereocenters. The number of methoxy groups -OCH3 is 1. The van der Waals surface area contributed by atoms with Crippen LogP contribution in [0.4, 0.5) is 0 Å². The van der Waals surface area contributed by atoms with Gasteiger partial charge in [0.25, 0.3) is 0 Å². The fraction of sp³-hybridized carbons (Fsp3) is 0.429. The standard InChI is InChI=1S/C14H15NO5S/c1-3-21(18,19)12-11(14(12,8-15)13(16)17)9-4-6-10(20-2)7-5-9/h4-7,11-12H,3H2,1-2H3,(H,16,17)/t11-,12-,14+/m1/s1. The fourth-order valence-electron chi connectivity index (χ4n) is 2.71. The second-order valence-corrected chi connectivity index (χ2v) is 7.32. The number of sulfone groups is 1. The predicted octanol–water partition coefficient (Wildman–Crippen LogP) is 1.19. The Labute approximate surface area is 122 Å². The molecule has 0 heterocycles. The molecular formula is C14H15NO5S. The van der Waals surface area contributed by atoms with Crippen LogP contribution in [0.5, 0.6) is 5.75 Å². The number of carbonyl (C=O) groups is 1. The first-order chi connectivity index (χ1) is 9.85. The molecule has 7 heteroatoms. The van der Waals surface area contributed by atoms with Crippen LogP contribution < -0.4 is 4.74 Å². The van der Waals surface area contributed by atoms with Gasteiger partial charge in [0.05, 0.1) is 13.2 Å². The van der Waals surface area contributed by atoms with E-state index in [4.69, 9.17) is 4.74 Å². The highest BCUT2D eigenvalue weighted by atomic mass is 32.2. The fourth-order valence-corrected chi connectivity index (χ4v) is 4.64. The van der Waals surface area contributed by atoms with Crippen molar-refractivity contribution in [2.45, 2.75) is 18.1 Å². The molecule has 0 spiro atoms. The summed E-state index contributed by atoms with van der Waals surface area (Å²) in [5, 5.41) is 17.4. The molecule has 21 heavy (non-hydrogen) atoms. The van der Waals surface area contributed by atoms with Crippen LogP contribution in [-0.2, 0) is 14.6 Å². The third-order valence-corrected chi connectivity index (χ3v) is 6.16. The first-order valence-electron chi connectivity index (χ1n) is 6.35. The van der Waals surface area contributed by atoms with Crippen LogP contribution in [0.3, 0.4) is 0 Å². The molecule has 1 aliphatic carbocycles. The molecule has 1 N–H and O–H groups in total. The van der Waals surface area contributed by atoms with Crippen molar-refractivity contribution in [1.82, 2.24) is 0 Å². The minimum atomic E-state index is -3.64. The molecule has 2 rings (SSSR count). The average molecular weight is 309 g/mol. The Morgan fingerprint density at radius 3 is 2.38 bits per heavy atom. The van der Waals surface area contributed by atoms with Gasteiger partial charge in [0.1, 0.15) is 11.0 Å². The van der Waals surface area contributed by atoms with Gasteiger partial charge in [-0.05, 0) is 17.7 Å². The topological polar surface area (TPSA) is 104 Å². The van der Waals surface area contributed by atoms with Gasteiger partial charge < -0.3 is 9.84 Å². The van der Waals surface area contributed by atoms with Crippen molar-refractivity contribution in [3.05, 3.63) is 29.8 Å². The van der Waals surface area contributed by atoms with Crippen LogP contribution in [0, 0.1) is 16.7 Å². The molecule has 0 amide bonds. The number of rotatable bonds is 5. The molecule has 0 radical (unpaired) electrons. The van der Waals surface area contributed by atoms with Crippen molar-refractivity contribution in [2.75, 3.05) is 12.9 Å². The maximum absolute atomic E-state index is 12.1. The van der Waals surface area contributed by atoms with Crippen molar-refractivity contribution in [2.24, 2.45) is 5.41 Å². The van der Waals surface area contributed by atoms with Gasteiger partial charge in [-0.3, -0.25) is 4.79 Å². The monoisotopic (exact) mass is 309 g/mol. The first-order valence-corrected chi connectivity index (χ1v) is 8.06. The summed E-state index contributed by atoms with van der Waals surface area (Å²) in [6, 6.07) is 8.15. The average Bonchev–Trinajstić information content (AvgIpc) is 3.19. The summed E-state index contributed by atoms with van der Waals surface area (Å²) in [7, 11) is -2.14. The summed E-state index contributed by atoms with van der Waals surface area (Å²) >= 11 is 0. The van der Waals surface area contributed by atoms with Crippen LogP contribution in [0.2, 0.25) is 0 Å². The van der Waals surface area contributed by atoms with Gasteiger partial charge in [-0.1, -0.05) is 19.1 Å². The van der Waals surface area contributed by atoms with E-state index in [1.54, 1.807) is 30.3 Å². The molecule has 0 aromatic heterocycles. The Bertz CT molecular complexity index is 704. The summed E-state index contributed by atoms with van der Waals surface area (Å²) in [4.78, 5) is 11.5. The summed E-state index contributed by atoms with van der Waals surface area (Å²) in [5.41, 5.74) is -1.38. The third-order valence-electron chi connectivity index (χ3n) is 3.94. The first kappa shape index (κ1) is 15.3. The number of nitrogens with zero attached hydrogens (tertiary/aromatic N) is 1. The van der Waals surface area contributed by atoms with Crippen LogP contribution in [0.1, 0.15) is 18.4 Å². The number of carboxylic acids is 1.